The average Bonchev–Trinajstić information content (AvgIpc) is 2.37. The molecule has 1 N–H and O–H groups in total. The minimum Gasteiger partial charge on any atom is -0.388 e. The maximum absolute atomic E-state index is 4.20. The summed E-state index contributed by atoms with van der Waals surface area (Å²) in [4.78, 5) is 0. The van der Waals surface area contributed by atoms with E-state index >= 15 is 0 Å². The summed E-state index contributed by atoms with van der Waals surface area (Å²) in [6.45, 7) is 12.8. The zero-order chi connectivity index (χ0) is 12.3. The van der Waals surface area contributed by atoms with E-state index in [1.165, 1.54) is 0 Å². The summed E-state index contributed by atoms with van der Waals surface area (Å²) in [5.41, 5.74) is 7.83. The van der Waals surface area contributed by atoms with Crippen molar-refractivity contribution < 1.29 is 0 Å². The van der Waals surface area contributed by atoms with Gasteiger partial charge in [-0.1, -0.05) is 27.4 Å². The van der Waals surface area contributed by atoms with E-state index in [2.05, 4.69) is 50.6 Å². The fourth-order valence-electron chi connectivity index (χ4n) is 1.48. The van der Waals surface area contributed by atoms with Crippen LogP contribution >= 0.6 is 0 Å². The highest BCUT2D eigenvalue weighted by molar-refractivity contribution is 5.50. The third-order valence-electron chi connectivity index (χ3n) is 2.73. The van der Waals surface area contributed by atoms with Crippen molar-refractivity contribution in [1.82, 2.24) is 5.32 Å². The lowest BCUT2D eigenvalue weighted by molar-refractivity contribution is 0.513. The molecule has 0 aromatic heterocycles. The fourth-order valence-corrected chi connectivity index (χ4v) is 1.48. The molecule has 0 radical (unpaired) electrons. The summed E-state index contributed by atoms with van der Waals surface area (Å²) < 4.78 is 0. The van der Waals surface area contributed by atoms with E-state index in [1.54, 1.807) is 0 Å². The second-order valence-electron chi connectivity index (χ2n) is 5.11. The van der Waals surface area contributed by atoms with Crippen molar-refractivity contribution in [2.24, 2.45) is 5.41 Å². The van der Waals surface area contributed by atoms with Gasteiger partial charge in [-0.05, 0) is 41.7 Å². The van der Waals surface area contributed by atoms with Crippen LogP contribution in [-0.2, 0) is 0 Å². The van der Waals surface area contributed by atoms with Gasteiger partial charge in [-0.15, -0.1) is 5.73 Å². The second kappa shape index (κ2) is 4.59. The minimum absolute atomic E-state index is 0.0711. The number of hydrogen-bond acceptors (Lipinski definition) is 1. The molecule has 1 aliphatic carbocycles. The lowest BCUT2D eigenvalue weighted by Crippen LogP contribution is -2.14. The highest BCUT2D eigenvalue weighted by Crippen LogP contribution is 2.32. The van der Waals surface area contributed by atoms with Crippen molar-refractivity contribution in [2.75, 3.05) is 7.05 Å². The third-order valence-corrected chi connectivity index (χ3v) is 2.73. The predicted molar refractivity (Wildman–Crippen MR) is 71.1 cm³/mol. The summed E-state index contributed by atoms with van der Waals surface area (Å²) in [6.07, 6.45) is 6.16. The highest BCUT2D eigenvalue weighted by Gasteiger charge is 2.19. The summed E-state index contributed by atoms with van der Waals surface area (Å²) >= 11 is 0. The molecular weight excluding hydrogens is 194 g/mol. The molecule has 0 aromatic carbocycles. The van der Waals surface area contributed by atoms with Gasteiger partial charge in [-0.2, -0.15) is 0 Å². The van der Waals surface area contributed by atoms with Crippen LogP contribution in [0.1, 0.15) is 27.7 Å². The van der Waals surface area contributed by atoms with Crippen LogP contribution in [0.5, 0.6) is 0 Å². The SMILES string of the molecule is C=C(C1=C(NC)C=CC(C)=C=C1)C(C)(C)C. The Kier molecular flexibility index (Phi) is 3.62. The first kappa shape index (κ1) is 12.6. The number of nitrogens with one attached hydrogen (secondary N) is 1. The van der Waals surface area contributed by atoms with Crippen molar-refractivity contribution in [3.05, 3.63) is 53.0 Å². The zero-order valence-electron chi connectivity index (χ0n) is 10.9. The molecule has 0 spiro atoms. The van der Waals surface area contributed by atoms with Crippen molar-refractivity contribution >= 4 is 0 Å². The lowest BCUT2D eigenvalue weighted by atomic mass is 9.82. The Morgan fingerprint density at radius 2 is 1.94 bits per heavy atom. The summed E-state index contributed by atoms with van der Waals surface area (Å²) in [5.74, 6) is 0. The molecule has 1 rings (SSSR count). The Balaban J connectivity index is 3.27. The number of allylic oxidation sites excluding steroid dienone is 5. The van der Waals surface area contributed by atoms with Gasteiger partial charge in [0, 0.05) is 18.3 Å². The standard InChI is InChI=1S/C15H21N/c1-11-7-9-13(12(2)15(3,4)5)14(16-6)10-8-11/h8-10,16H,2H2,1,3-6H3. The van der Waals surface area contributed by atoms with Crippen LogP contribution in [0.15, 0.2) is 53.0 Å². The predicted octanol–water partition coefficient (Wildman–Crippen LogP) is 3.73. The molecule has 0 aromatic rings. The quantitative estimate of drug-likeness (QED) is 0.692. The van der Waals surface area contributed by atoms with Gasteiger partial charge in [0.2, 0.25) is 0 Å². The monoisotopic (exact) mass is 215 g/mol. The minimum atomic E-state index is 0.0711. The van der Waals surface area contributed by atoms with Crippen molar-refractivity contribution in [3.63, 3.8) is 0 Å². The largest absolute Gasteiger partial charge is 0.388 e. The Morgan fingerprint density at radius 1 is 1.31 bits per heavy atom. The van der Waals surface area contributed by atoms with E-state index in [1.807, 2.05) is 20.0 Å². The lowest BCUT2D eigenvalue weighted by Gasteiger charge is -2.24. The molecule has 86 valence electrons. The molecule has 0 aliphatic heterocycles. The second-order valence-corrected chi connectivity index (χ2v) is 5.11. The van der Waals surface area contributed by atoms with Gasteiger partial charge in [0.1, 0.15) is 0 Å². The molecule has 1 heteroatoms. The van der Waals surface area contributed by atoms with Crippen LogP contribution in [-0.4, -0.2) is 7.05 Å². The van der Waals surface area contributed by atoms with Gasteiger partial charge in [0.25, 0.3) is 0 Å². The van der Waals surface area contributed by atoms with E-state index in [0.29, 0.717) is 0 Å². The normalized spacial score (nSPS) is 15.9. The van der Waals surface area contributed by atoms with Crippen LogP contribution in [0.3, 0.4) is 0 Å². The first-order valence-corrected chi connectivity index (χ1v) is 5.59. The molecule has 0 unspecified atom stereocenters. The van der Waals surface area contributed by atoms with E-state index in [9.17, 15) is 0 Å². The first-order chi connectivity index (χ1) is 7.36. The van der Waals surface area contributed by atoms with Crippen LogP contribution in [0, 0.1) is 5.41 Å². The Bertz CT molecular complexity index is 419. The van der Waals surface area contributed by atoms with E-state index in [4.69, 9.17) is 0 Å². The first-order valence-electron chi connectivity index (χ1n) is 5.59. The number of hydrogen-bond donors (Lipinski definition) is 1. The van der Waals surface area contributed by atoms with Crippen LogP contribution in [0.25, 0.3) is 0 Å². The fraction of sp³-hybridized carbons (Fsp3) is 0.400. The summed E-state index contributed by atoms with van der Waals surface area (Å²) in [7, 11) is 1.93. The third kappa shape index (κ3) is 2.77. The Hall–Kier alpha value is -1.46. The van der Waals surface area contributed by atoms with Crippen LogP contribution in [0.4, 0.5) is 0 Å². The van der Waals surface area contributed by atoms with Crippen molar-refractivity contribution in [1.29, 1.82) is 0 Å². The van der Waals surface area contributed by atoms with Crippen molar-refractivity contribution in [3.8, 4) is 0 Å². The maximum Gasteiger partial charge on any atom is 0.0420 e. The molecule has 0 fully saturated rings. The molecule has 0 atom stereocenters. The highest BCUT2D eigenvalue weighted by atomic mass is 14.8. The van der Waals surface area contributed by atoms with Gasteiger partial charge in [-0.25, -0.2) is 0 Å². The molecule has 0 heterocycles. The number of likely N-dealkylation sites (N-methyl/N-ethyl adjacent to an activating group) is 1. The maximum atomic E-state index is 4.20. The van der Waals surface area contributed by atoms with Gasteiger partial charge in [-0.3, -0.25) is 0 Å². The molecule has 0 saturated carbocycles. The van der Waals surface area contributed by atoms with Gasteiger partial charge in [0.05, 0.1) is 0 Å². The molecule has 0 bridgehead atoms. The molecule has 1 nitrogen and oxygen atoms in total. The Labute approximate surface area is 98.9 Å². The van der Waals surface area contributed by atoms with E-state index in [-0.39, 0.29) is 5.41 Å². The van der Waals surface area contributed by atoms with Gasteiger partial charge < -0.3 is 5.32 Å². The molecule has 16 heavy (non-hydrogen) atoms. The zero-order valence-corrected chi connectivity index (χ0v) is 10.9. The van der Waals surface area contributed by atoms with Gasteiger partial charge >= 0.3 is 0 Å². The van der Waals surface area contributed by atoms with E-state index < -0.39 is 0 Å². The number of rotatable bonds is 2. The average molecular weight is 215 g/mol. The smallest absolute Gasteiger partial charge is 0.0420 e. The summed E-state index contributed by atoms with van der Waals surface area (Å²) in [6, 6.07) is 0. The van der Waals surface area contributed by atoms with E-state index in [0.717, 1.165) is 22.4 Å². The summed E-state index contributed by atoms with van der Waals surface area (Å²) in [5, 5.41) is 3.21. The molecule has 0 amide bonds. The Morgan fingerprint density at radius 3 is 2.44 bits per heavy atom. The van der Waals surface area contributed by atoms with Crippen molar-refractivity contribution in [2.45, 2.75) is 27.7 Å². The molecular formula is C15H21N. The molecule has 1 aliphatic rings. The van der Waals surface area contributed by atoms with Crippen LogP contribution < -0.4 is 5.32 Å². The topological polar surface area (TPSA) is 12.0 Å². The van der Waals surface area contributed by atoms with Gasteiger partial charge in [0.15, 0.2) is 0 Å². The van der Waals surface area contributed by atoms with Crippen LogP contribution in [0.2, 0.25) is 0 Å². The molecule has 0 saturated heterocycles.